The highest BCUT2D eigenvalue weighted by Gasteiger charge is 2.53. The quantitative estimate of drug-likeness (QED) is 0.637. The van der Waals surface area contributed by atoms with Crippen LogP contribution in [-0.2, 0) is 19.1 Å². The first-order valence-corrected chi connectivity index (χ1v) is 9.75. The van der Waals surface area contributed by atoms with Crippen LogP contribution in [0.2, 0.25) is 0 Å². The summed E-state index contributed by atoms with van der Waals surface area (Å²) in [6.45, 7) is 6.33. The van der Waals surface area contributed by atoms with Crippen molar-refractivity contribution in [3.63, 3.8) is 0 Å². The summed E-state index contributed by atoms with van der Waals surface area (Å²) >= 11 is 1.48. The molecule has 1 heterocycles. The molecule has 138 valence electrons. The van der Waals surface area contributed by atoms with Gasteiger partial charge in [0.15, 0.2) is 0 Å². The van der Waals surface area contributed by atoms with Crippen LogP contribution in [0.5, 0.6) is 0 Å². The van der Waals surface area contributed by atoms with Crippen LogP contribution in [0.3, 0.4) is 0 Å². The van der Waals surface area contributed by atoms with Crippen molar-refractivity contribution >= 4 is 23.7 Å². The number of esters is 2. The highest BCUT2D eigenvalue weighted by Crippen LogP contribution is 2.46. The van der Waals surface area contributed by atoms with Gasteiger partial charge in [0, 0.05) is 10.8 Å². The van der Waals surface area contributed by atoms with E-state index in [2.05, 4.69) is 13.8 Å². The van der Waals surface area contributed by atoms with E-state index < -0.39 is 5.60 Å². The molecule has 25 heavy (non-hydrogen) atoms. The molecule has 0 N–H and O–H groups in total. The summed E-state index contributed by atoms with van der Waals surface area (Å²) in [6, 6.07) is 9.78. The molecular formula is C20H28O4S. The molecule has 4 nitrogen and oxygen atoms in total. The van der Waals surface area contributed by atoms with Gasteiger partial charge in [0.25, 0.3) is 0 Å². The zero-order valence-electron chi connectivity index (χ0n) is 15.5. The fourth-order valence-corrected chi connectivity index (χ4v) is 4.61. The topological polar surface area (TPSA) is 52.6 Å². The minimum atomic E-state index is -0.618. The molecule has 0 saturated carbocycles. The molecule has 1 aromatic carbocycles. The van der Waals surface area contributed by atoms with Gasteiger partial charge < -0.3 is 9.47 Å². The molecule has 3 atom stereocenters. The zero-order chi connectivity index (χ0) is 18.4. The van der Waals surface area contributed by atoms with E-state index in [1.165, 1.54) is 18.9 Å². The van der Waals surface area contributed by atoms with Gasteiger partial charge >= 0.3 is 11.9 Å². The number of ether oxygens (including phenoxy) is 2. The molecule has 0 unspecified atom stereocenters. The van der Waals surface area contributed by atoms with Gasteiger partial charge in [-0.1, -0.05) is 38.5 Å². The Morgan fingerprint density at radius 3 is 2.60 bits per heavy atom. The van der Waals surface area contributed by atoms with E-state index in [0.717, 1.165) is 24.2 Å². The van der Waals surface area contributed by atoms with Gasteiger partial charge in [0.05, 0.1) is 13.5 Å². The highest BCUT2D eigenvalue weighted by molar-refractivity contribution is 8.00. The fourth-order valence-electron chi connectivity index (χ4n) is 3.31. The second kappa shape index (κ2) is 8.75. The molecule has 0 radical (unpaired) electrons. The lowest BCUT2D eigenvalue weighted by molar-refractivity contribution is -0.151. The Morgan fingerprint density at radius 1 is 1.32 bits per heavy atom. The Bertz CT molecular complexity index is 587. The van der Waals surface area contributed by atoms with Crippen LogP contribution in [0.1, 0.15) is 46.5 Å². The first-order valence-electron chi connectivity index (χ1n) is 8.87. The third-order valence-corrected chi connectivity index (χ3v) is 6.11. The van der Waals surface area contributed by atoms with E-state index in [1.54, 1.807) is 0 Å². The fraction of sp³-hybridized carbons (Fsp3) is 0.600. The Hall–Kier alpha value is -1.49. The van der Waals surface area contributed by atoms with Gasteiger partial charge in [-0.25, -0.2) is 0 Å². The molecule has 0 aliphatic carbocycles. The van der Waals surface area contributed by atoms with Gasteiger partial charge in [-0.15, -0.1) is 11.8 Å². The Labute approximate surface area is 154 Å². The summed E-state index contributed by atoms with van der Waals surface area (Å²) in [6.07, 6.45) is 3.02. The summed E-state index contributed by atoms with van der Waals surface area (Å²) in [5.41, 5.74) is -0.618. The molecule has 1 aliphatic heterocycles. The lowest BCUT2D eigenvalue weighted by Gasteiger charge is -2.30. The second-order valence-electron chi connectivity index (χ2n) is 7.26. The minimum Gasteiger partial charge on any atom is -0.469 e. The third-order valence-electron chi connectivity index (χ3n) is 4.79. The number of rotatable bonds is 8. The highest BCUT2D eigenvalue weighted by atomic mass is 32.2. The van der Waals surface area contributed by atoms with E-state index in [4.69, 9.17) is 9.47 Å². The molecule has 1 saturated heterocycles. The van der Waals surface area contributed by atoms with E-state index in [0.29, 0.717) is 5.92 Å². The minimum absolute atomic E-state index is 0.190. The van der Waals surface area contributed by atoms with E-state index in [9.17, 15) is 9.59 Å². The van der Waals surface area contributed by atoms with Gasteiger partial charge in [0.2, 0.25) is 0 Å². The molecule has 0 spiro atoms. The van der Waals surface area contributed by atoms with Crippen molar-refractivity contribution in [2.75, 3.05) is 7.11 Å². The smallest absolute Gasteiger partial charge is 0.320 e. The summed E-state index contributed by atoms with van der Waals surface area (Å²) in [7, 11) is 1.38. The van der Waals surface area contributed by atoms with Gasteiger partial charge in [0.1, 0.15) is 10.9 Å². The van der Waals surface area contributed by atoms with Gasteiger partial charge in [-0.2, -0.15) is 0 Å². The number of cyclic esters (lactones) is 1. The molecule has 1 aromatic rings. The molecule has 0 amide bonds. The van der Waals surface area contributed by atoms with Crippen LogP contribution in [0, 0.1) is 11.8 Å². The number of benzene rings is 1. The zero-order valence-corrected chi connectivity index (χ0v) is 16.3. The standard InChI is InChI=1S/C20H28O4S/c1-14(2)9-8-12-20(3)16(13-17(21)23-4)18(19(22)24-20)25-15-10-6-5-7-11-15/h5-7,10-11,14,16,18H,8-9,12-13H2,1-4H3/t16-,18-,20-/m0/s1. The normalized spacial score (nSPS) is 25.9. The number of carbonyl (C=O) groups is 2. The predicted molar refractivity (Wildman–Crippen MR) is 99.4 cm³/mol. The van der Waals surface area contributed by atoms with Crippen molar-refractivity contribution in [2.45, 2.75) is 62.2 Å². The van der Waals surface area contributed by atoms with Crippen LogP contribution in [0.15, 0.2) is 35.2 Å². The Morgan fingerprint density at radius 2 is 2.00 bits per heavy atom. The predicted octanol–water partition coefficient (Wildman–Crippen LogP) is 4.47. The number of thioether (sulfide) groups is 1. The van der Waals surface area contributed by atoms with Crippen molar-refractivity contribution in [1.82, 2.24) is 0 Å². The van der Waals surface area contributed by atoms with Gasteiger partial charge in [-0.05, 0) is 37.8 Å². The molecule has 1 aliphatic rings. The van der Waals surface area contributed by atoms with Crippen LogP contribution in [0.25, 0.3) is 0 Å². The van der Waals surface area contributed by atoms with Crippen molar-refractivity contribution in [2.24, 2.45) is 11.8 Å². The van der Waals surface area contributed by atoms with Crippen molar-refractivity contribution in [3.05, 3.63) is 30.3 Å². The van der Waals surface area contributed by atoms with Crippen LogP contribution >= 0.6 is 11.8 Å². The first-order chi connectivity index (χ1) is 11.9. The number of hydrogen-bond acceptors (Lipinski definition) is 5. The van der Waals surface area contributed by atoms with Gasteiger partial charge in [-0.3, -0.25) is 9.59 Å². The summed E-state index contributed by atoms with van der Waals surface area (Å²) in [4.78, 5) is 25.5. The molecular weight excluding hydrogens is 336 g/mol. The van der Waals surface area contributed by atoms with E-state index in [1.807, 2.05) is 37.3 Å². The van der Waals surface area contributed by atoms with Crippen LogP contribution in [0.4, 0.5) is 0 Å². The maximum absolute atomic E-state index is 12.6. The average Bonchev–Trinajstić information content (AvgIpc) is 2.79. The summed E-state index contributed by atoms with van der Waals surface area (Å²) < 4.78 is 10.7. The van der Waals surface area contributed by atoms with Crippen molar-refractivity contribution in [1.29, 1.82) is 0 Å². The third kappa shape index (κ3) is 5.24. The second-order valence-corrected chi connectivity index (χ2v) is 8.47. The maximum atomic E-state index is 12.6. The van der Waals surface area contributed by atoms with Crippen LogP contribution < -0.4 is 0 Å². The first kappa shape index (κ1) is 19.8. The Kier molecular flexibility index (Phi) is 6.94. The molecule has 2 rings (SSSR count). The van der Waals surface area contributed by atoms with Crippen molar-refractivity contribution < 1.29 is 19.1 Å². The SMILES string of the molecule is COC(=O)C[C@H]1[C@H](Sc2ccccc2)C(=O)O[C@@]1(C)CCCC(C)C. The number of methoxy groups -OCH3 is 1. The molecule has 0 bridgehead atoms. The average molecular weight is 365 g/mol. The Balaban J connectivity index is 2.18. The molecule has 5 heteroatoms. The van der Waals surface area contributed by atoms with Crippen LogP contribution in [-0.4, -0.2) is 29.9 Å². The lowest BCUT2D eigenvalue weighted by atomic mass is 9.82. The largest absolute Gasteiger partial charge is 0.469 e. The monoisotopic (exact) mass is 364 g/mol. The summed E-state index contributed by atoms with van der Waals surface area (Å²) in [5, 5.41) is -0.384. The van der Waals surface area contributed by atoms with E-state index in [-0.39, 0.29) is 29.5 Å². The summed E-state index contributed by atoms with van der Waals surface area (Å²) in [5.74, 6) is -0.106. The molecule has 1 fully saturated rings. The lowest BCUT2D eigenvalue weighted by Crippen LogP contribution is -2.36. The number of carbonyl (C=O) groups excluding carboxylic acids is 2. The maximum Gasteiger partial charge on any atom is 0.320 e. The number of hydrogen-bond donors (Lipinski definition) is 0. The van der Waals surface area contributed by atoms with Crippen molar-refractivity contribution in [3.8, 4) is 0 Å². The van der Waals surface area contributed by atoms with E-state index >= 15 is 0 Å². The molecule has 0 aromatic heterocycles.